The monoisotopic (exact) mass is 448 g/mol. The Labute approximate surface area is 191 Å². The number of benzene rings is 3. The fraction of sp³-hybridized carbons (Fsp3) is 0.240. The molecule has 0 bridgehead atoms. The number of carbonyl (C=O) groups excluding carboxylic acids is 1. The number of nitro benzene ring substituents is 1. The molecule has 1 amide bonds. The number of halogens is 1. The molecular formula is C25H25FN4O3. The molecule has 3 aromatic rings. The average Bonchev–Trinajstić information content (AvgIpc) is 2.84. The first kappa shape index (κ1) is 22.3. The number of nitrogens with zero attached hydrogens (tertiary/aromatic N) is 3. The van der Waals surface area contributed by atoms with E-state index in [1.54, 1.807) is 29.2 Å². The van der Waals surface area contributed by atoms with E-state index in [-0.39, 0.29) is 22.1 Å². The van der Waals surface area contributed by atoms with Crippen molar-refractivity contribution in [2.75, 3.05) is 42.9 Å². The van der Waals surface area contributed by atoms with Crippen molar-refractivity contribution in [1.29, 1.82) is 0 Å². The van der Waals surface area contributed by atoms with E-state index in [9.17, 15) is 19.3 Å². The molecule has 7 nitrogen and oxygen atoms in total. The first-order valence-corrected chi connectivity index (χ1v) is 10.9. The van der Waals surface area contributed by atoms with Crippen LogP contribution < -0.4 is 10.2 Å². The second-order valence-corrected chi connectivity index (χ2v) is 7.88. The molecule has 0 spiro atoms. The predicted molar refractivity (Wildman–Crippen MR) is 126 cm³/mol. The number of hydrogen-bond acceptors (Lipinski definition) is 5. The minimum atomic E-state index is -0.522. The van der Waals surface area contributed by atoms with E-state index in [2.05, 4.69) is 10.2 Å². The van der Waals surface area contributed by atoms with Gasteiger partial charge in [-0.1, -0.05) is 42.5 Å². The Balaban J connectivity index is 1.41. The molecule has 1 aliphatic rings. The highest BCUT2D eigenvalue weighted by Crippen LogP contribution is 2.30. The molecule has 0 unspecified atom stereocenters. The van der Waals surface area contributed by atoms with Crippen molar-refractivity contribution in [3.63, 3.8) is 0 Å². The summed E-state index contributed by atoms with van der Waals surface area (Å²) in [6.07, 6.45) is 0.749. The van der Waals surface area contributed by atoms with Crippen LogP contribution in [0.5, 0.6) is 0 Å². The Bertz CT molecular complexity index is 1130. The normalized spacial score (nSPS) is 13.6. The molecule has 1 aliphatic heterocycles. The first-order chi connectivity index (χ1) is 16.0. The van der Waals surface area contributed by atoms with Crippen molar-refractivity contribution in [2.24, 2.45) is 0 Å². The number of amides is 1. The fourth-order valence-corrected chi connectivity index (χ4v) is 3.98. The zero-order valence-corrected chi connectivity index (χ0v) is 18.1. The molecule has 1 saturated heterocycles. The van der Waals surface area contributed by atoms with Crippen LogP contribution >= 0.6 is 0 Å². The molecule has 8 heteroatoms. The lowest BCUT2D eigenvalue weighted by Gasteiger charge is -2.36. The highest BCUT2D eigenvalue weighted by molar-refractivity contribution is 5.94. The Morgan fingerprint density at radius 1 is 0.970 bits per heavy atom. The van der Waals surface area contributed by atoms with Gasteiger partial charge in [0.25, 0.3) is 11.6 Å². The molecule has 0 aliphatic carbocycles. The summed E-state index contributed by atoms with van der Waals surface area (Å²) in [4.78, 5) is 27.5. The molecule has 0 radical (unpaired) electrons. The van der Waals surface area contributed by atoms with Crippen LogP contribution in [-0.4, -0.2) is 48.5 Å². The number of piperazine rings is 1. The quantitative estimate of drug-likeness (QED) is 0.429. The van der Waals surface area contributed by atoms with E-state index in [4.69, 9.17) is 0 Å². The van der Waals surface area contributed by atoms with Gasteiger partial charge in [0.15, 0.2) is 0 Å². The van der Waals surface area contributed by atoms with Gasteiger partial charge in [0, 0.05) is 44.5 Å². The van der Waals surface area contributed by atoms with Gasteiger partial charge in [0.2, 0.25) is 0 Å². The highest BCUT2D eigenvalue weighted by Gasteiger charge is 2.25. The number of rotatable bonds is 7. The van der Waals surface area contributed by atoms with Crippen LogP contribution in [0.1, 0.15) is 15.9 Å². The Morgan fingerprint density at radius 2 is 1.67 bits per heavy atom. The topological polar surface area (TPSA) is 78.7 Å². The fourth-order valence-electron chi connectivity index (χ4n) is 3.98. The summed E-state index contributed by atoms with van der Waals surface area (Å²) < 4.78 is 14.0. The van der Waals surface area contributed by atoms with Crippen molar-refractivity contribution in [2.45, 2.75) is 6.42 Å². The third kappa shape index (κ3) is 5.28. The molecule has 0 atom stereocenters. The third-order valence-electron chi connectivity index (χ3n) is 5.79. The summed E-state index contributed by atoms with van der Waals surface area (Å²) in [6.45, 7) is 2.57. The lowest BCUT2D eigenvalue weighted by atomic mass is 10.1. The van der Waals surface area contributed by atoms with Gasteiger partial charge in [-0.2, -0.15) is 0 Å². The lowest BCUT2D eigenvalue weighted by molar-refractivity contribution is -0.383. The Hall–Kier alpha value is -3.94. The van der Waals surface area contributed by atoms with Gasteiger partial charge in [-0.05, 0) is 36.2 Å². The van der Waals surface area contributed by atoms with Crippen molar-refractivity contribution >= 4 is 23.0 Å². The maximum atomic E-state index is 14.0. The van der Waals surface area contributed by atoms with E-state index >= 15 is 0 Å². The minimum Gasteiger partial charge on any atom is -0.379 e. The van der Waals surface area contributed by atoms with Crippen molar-refractivity contribution < 1.29 is 14.1 Å². The summed E-state index contributed by atoms with van der Waals surface area (Å²) in [6, 6.07) is 21.0. The van der Waals surface area contributed by atoms with Crippen LogP contribution in [0.4, 0.5) is 21.5 Å². The molecule has 0 aromatic heterocycles. The first-order valence-electron chi connectivity index (χ1n) is 10.9. The average molecular weight is 448 g/mol. The standard InChI is InChI=1S/C25H25FN4O3/c26-22-9-5-4-8-21(22)25(31)29-16-14-28(15-17-29)20-10-11-24(30(32)33)23(18-20)27-13-12-19-6-2-1-3-7-19/h1-11,18,27H,12-17H2. The molecule has 4 rings (SSSR count). The number of hydrogen-bond donors (Lipinski definition) is 1. The molecule has 1 fully saturated rings. The van der Waals surface area contributed by atoms with Gasteiger partial charge in [-0.15, -0.1) is 0 Å². The Morgan fingerprint density at radius 3 is 2.36 bits per heavy atom. The molecule has 1 N–H and O–H groups in total. The van der Waals surface area contributed by atoms with Crippen LogP contribution in [-0.2, 0) is 6.42 Å². The molecule has 3 aromatic carbocycles. The van der Waals surface area contributed by atoms with Crippen LogP contribution in [0.2, 0.25) is 0 Å². The summed E-state index contributed by atoms with van der Waals surface area (Å²) in [5.41, 5.74) is 2.57. The van der Waals surface area contributed by atoms with Gasteiger partial charge >= 0.3 is 0 Å². The summed E-state index contributed by atoms with van der Waals surface area (Å²) in [7, 11) is 0. The van der Waals surface area contributed by atoms with Gasteiger partial charge in [-0.3, -0.25) is 14.9 Å². The van der Waals surface area contributed by atoms with Crippen LogP contribution in [0, 0.1) is 15.9 Å². The second-order valence-electron chi connectivity index (χ2n) is 7.88. The number of carbonyl (C=O) groups is 1. The van der Waals surface area contributed by atoms with Gasteiger partial charge in [0.05, 0.1) is 10.5 Å². The van der Waals surface area contributed by atoms with E-state index in [1.807, 2.05) is 30.3 Å². The summed E-state index contributed by atoms with van der Waals surface area (Å²) in [5.74, 6) is -0.841. The molecule has 1 heterocycles. The predicted octanol–water partition coefficient (Wildman–Crippen LogP) is 4.35. The van der Waals surface area contributed by atoms with E-state index in [0.29, 0.717) is 38.4 Å². The second kappa shape index (κ2) is 10.1. The molecule has 170 valence electrons. The zero-order valence-electron chi connectivity index (χ0n) is 18.1. The van der Waals surface area contributed by atoms with Crippen molar-refractivity contribution in [1.82, 2.24) is 4.90 Å². The Kier molecular flexibility index (Phi) is 6.83. The van der Waals surface area contributed by atoms with Crippen LogP contribution in [0.15, 0.2) is 72.8 Å². The van der Waals surface area contributed by atoms with Crippen molar-refractivity contribution in [3.8, 4) is 0 Å². The van der Waals surface area contributed by atoms with Gasteiger partial charge in [0.1, 0.15) is 11.5 Å². The van der Waals surface area contributed by atoms with Crippen LogP contribution in [0.25, 0.3) is 0 Å². The smallest absolute Gasteiger partial charge is 0.292 e. The van der Waals surface area contributed by atoms with E-state index in [0.717, 1.165) is 17.7 Å². The zero-order chi connectivity index (χ0) is 23.2. The minimum absolute atomic E-state index is 0.0279. The van der Waals surface area contributed by atoms with Gasteiger partial charge in [-0.25, -0.2) is 4.39 Å². The summed E-state index contributed by atoms with van der Waals surface area (Å²) in [5, 5.41) is 14.7. The van der Waals surface area contributed by atoms with Gasteiger partial charge < -0.3 is 15.1 Å². The molecule has 33 heavy (non-hydrogen) atoms. The van der Waals surface area contributed by atoms with E-state index in [1.165, 1.54) is 18.2 Å². The molecule has 0 saturated carbocycles. The lowest BCUT2D eigenvalue weighted by Crippen LogP contribution is -2.49. The van der Waals surface area contributed by atoms with Crippen molar-refractivity contribution in [3.05, 3.63) is 99.9 Å². The van der Waals surface area contributed by atoms with E-state index < -0.39 is 5.82 Å². The van der Waals surface area contributed by atoms with Crippen LogP contribution in [0.3, 0.4) is 0 Å². The largest absolute Gasteiger partial charge is 0.379 e. The maximum absolute atomic E-state index is 14.0. The molecular weight excluding hydrogens is 423 g/mol. The summed E-state index contributed by atoms with van der Waals surface area (Å²) >= 11 is 0. The number of nitrogens with one attached hydrogen (secondary N) is 1. The highest BCUT2D eigenvalue weighted by atomic mass is 19.1. The number of anilines is 2. The third-order valence-corrected chi connectivity index (χ3v) is 5.79. The maximum Gasteiger partial charge on any atom is 0.292 e. The number of nitro groups is 1. The SMILES string of the molecule is O=C(c1ccccc1F)N1CCN(c2ccc([N+](=O)[O-])c(NCCc3ccccc3)c2)CC1.